The molecule has 2 amide bonds. The molecule has 0 fully saturated rings. The average Bonchev–Trinajstić information content (AvgIpc) is 3.19. The second-order valence-electron chi connectivity index (χ2n) is 5.56. The van der Waals surface area contributed by atoms with Crippen molar-refractivity contribution < 1.29 is 17.8 Å². The number of carbonyl (C=O) groups is 1. The molecule has 0 spiro atoms. The molecule has 1 aromatic carbocycles. The Hall–Kier alpha value is -2.46. The van der Waals surface area contributed by atoms with Gasteiger partial charge < -0.3 is 10.6 Å². The van der Waals surface area contributed by atoms with Gasteiger partial charge in [0, 0.05) is 26.2 Å². The lowest BCUT2D eigenvalue weighted by atomic mass is 10.2. The molecular weight excluding hydrogens is 322 g/mol. The number of urea groups is 1. The summed E-state index contributed by atoms with van der Waals surface area (Å²) in [6.07, 6.45) is 0. The fourth-order valence-electron chi connectivity index (χ4n) is 3.00. The van der Waals surface area contributed by atoms with E-state index < -0.39 is 16.1 Å². The second kappa shape index (κ2) is 4.77. The van der Waals surface area contributed by atoms with E-state index in [-0.39, 0.29) is 23.5 Å². The van der Waals surface area contributed by atoms with Gasteiger partial charge in [-0.25, -0.2) is 17.8 Å². The summed E-state index contributed by atoms with van der Waals surface area (Å²) in [4.78, 5) is 12.8. The molecular formula is C13H13N5O4S. The van der Waals surface area contributed by atoms with Gasteiger partial charge in [-0.2, -0.15) is 4.31 Å². The van der Waals surface area contributed by atoms with Gasteiger partial charge in [0.1, 0.15) is 10.4 Å². The Balaban J connectivity index is 1.63. The number of fused-ring (bicyclic) bond motifs is 1. The monoisotopic (exact) mass is 335 g/mol. The molecule has 1 aromatic heterocycles. The van der Waals surface area contributed by atoms with Gasteiger partial charge in [-0.3, -0.25) is 0 Å². The van der Waals surface area contributed by atoms with E-state index in [4.69, 9.17) is 5.73 Å². The number of carbonyl (C=O) groups excluding carboxylic acids is 1. The van der Waals surface area contributed by atoms with Gasteiger partial charge in [-0.05, 0) is 33.6 Å². The zero-order valence-corrected chi connectivity index (χ0v) is 12.8. The molecule has 0 saturated carbocycles. The normalized spacial score (nSPS) is 18.9. The van der Waals surface area contributed by atoms with Crippen LogP contribution in [0, 0.1) is 0 Å². The molecule has 3 heterocycles. The molecule has 120 valence electrons. The topological polar surface area (TPSA) is 123 Å². The van der Waals surface area contributed by atoms with Gasteiger partial charge >= 0.3 is 6.03 Å². The second-order valence-corrected chi connectivity index (χ2v) is 7.47. The highest BCUT2D eigenvalue weighted by atomic mass is 32.2. The number of aromatic nitrogens is 2. The van der Waals surface area contributed by atoms with Crippen molar-refractivity contribution in [1.29, 1.82) is 0 Å². The van der Waals surface area contributed by atoms with Crippen molar-refractivity contribution in [2.75, 3.05) is 26.2 Å². The standard InChI is InChI=1S/C13H13N5O4S/c14-13(19)17-4-8-6-18(7-9(8)5-17)23(20,21)11-3-1-2-10-12(11)16-22-15-10/h1-3H,4-7H2,(H2,14,19). The zero-order valence-electron chi connectivity index (χ0n) is 12.0. The van der Waals surface area contributed by atoms with Gasteiger partial charge in [0.05, 0.1) is 0 Å². The number of hydrogen-bond donors (Lipinski definition) is 1. The molecule has 0 aliphatic carbocycles. The highest BCUT2D eigenvalue weighted by Gasteiger charge is 2.38. The summed E-state index contributed by atoms with van der Waals surface area (Å²) >= 11 is 0. The van der Waals surface area contributed by atoms with Gasteiger partial charge in [0.2, 0.25) is 10.0 Å². The minimum Gasteiger partial charge on any atom is -0.351 e. The summed E-state index contributed by atoms with van der Waals surface area (Å²) in [6, 6.07) is 4.23. The van der Waals surface area contributed by atoms with E-state index in [1.807, 2.05) is 0 Å². The Labute approximate surface area is 131 Å². The summed E-state index contributed by atoms with van der Waals surface area (Å²) in [6.45, 7) is 1.27. The molecule has 0 saturated heterocycles. The largest absolute Gasteiger partial charge is 0.351 e. The van der Waals surface area contributed by atoms with E-state index in [1.54, 1.807) is 12.1 Å². The molecule has 2 aliphatic heterocycles. The van der Waals surface area contributed by atoms with Crippen molar-refractivity contribution in [2.24, 2.45) is 5.73 Å². The first-order valence-corrected chi connectivity index (χ1v) is 8.36. The lowest BCUT2D eigenvalue weighted by molar-refractivity contribution is 0.218. The highest BCUT2D eigenvalue weighted by molar-refractivity contribution is 7.89. The Morgan fingerprint density at radius 2 is 1.83 bits per heavy atom. The molecule has 0 atom stereocenters. The molecule has 0 unspecified atom stereocenters. The third kappa shape index (κ3) is 2.10. The van der Waals surface area contributed by atoms with Crippen LogP contribution in [0.1, 0.15) is 0 Å². The lowest BCUT2D eigenvalue weighted by Crippen LogP contribution is -2.38. The maximum atomic E-state index is 12.9. The SMILES string of the molecule is NC(=O)N1CC2=C(C1)CN(S(=O)(=O)c1cccc3nonc13)C2. The van der Waals surface area contributed by atoms with Crippen molar-refractivity contribution in [3.8, 4) is 0 Å². The Kier molecular flexibility index (Phi) is 2.93. The number of primary amides is 1. The average molecular weight is 335 g/mol. The molecule has 10 heteroatoms. The molecule has 0 radical (unpaired) electrons. The molecule has 2 aromatic rings. The molecule has 23 heavy (non-hydrogen) atoms. The number of nitrogens with two attached hydrogens (primary N) is 1. The Morgan fingerprint density at radius 3 is 2.48 bits per heavy atom. The highest BCUT2D eigenvalue weighted by Crippen LogP contribution is 2.31. The van der Waals surface area contributed by atoms with Gasteiger partial charge in [0.15, 0.2) is 5.52 Å². The number of benzene rings is 1. The summed E-state index contributed by atoms with van der Waals surface area (Å²) < 4.78 is 31.8. The molecule has 2 aliphatic rings. The Bertz CT molecular complexity index is 930. The van der Waals surface area contributed by atoms with Crippen LogP contribution in [-0.4, -0.2) is 60.1 Å². The summed E-state index contributed by atoms with van der Waals surface area (Å²) in [5.74, 6) is 0. The van der Waals surface area contributed by atoms with Crippen LogP contribution >= 0.6 is 0 Å². The Morgan fingerprint density at radius 1 is 1.13 bits per heavy atom. The fraction of sp³-hybridized carbons (Fsp3) is 0.308. The van der Waals surface area contributed by atoms with Crippen LogP contribution in [0.5, 0.6) is 0 Å². The molecule has 4 rings (SSSR count). The molecule has 0 bridgehead atoms. The fourth-order valence-corrected chi connectivity index (χ4v) is 4.57. The first kappa shape index (κ1) is 14.2. The van der Waals surface area contributed by atoms with Crippen LogP contribution < -0.4 is 5.73 Å². The van der Waals surface area contributed by atoms with Crippen LogP contribution in [0.4, 0.5) is 4.79 Å². The van der Waals surface area contributed by atoms with Crippen molar-refractivity contribution in [1.82, 2.24) is 19.5 Å². The quantitative estimate of drug-likeness (QED) is 0.766. The van der Waals surface area contributed by atoms with Crippen molar-refractivity contribution in [3.05, 3.63) is 29.3 Å². The van der Waals surface area contributed by atoms with E-state index >= 15 is 0 Å². The summed E-state index contributed by atoms with van der Waals surface area (Å²) in [5.41, 5.74) is 7.74. The number of sulfonamides is 1. The summed E-state index contributed by atoms with van der Waals surface area (Å²) in [5, 5.41) is 7.36. The molecule has 2 N–H and O–H groups in total. The minimum absolute atomic E-state index is 0.0733. The summed E-state index contributed by atoms with van der Waals surface area (Å²) in [7, 11) is -3.72. The zero-order chi connectivity index (χ0) is 16.2. The third-order valence-electron chi connectivity index (χ3n) is 4.18. The number of hydrogen-bond acceptors (Lipinski definition) is 6. The lowest BCUT2D eigenvalue weighted by Gasteiger charge is -2.21. The van der Waals surface area contributed by atoms with Crippen molar-refractivity contribution in [2.45, 2.75) is 4.90 Å². The number of rotatable bonds is 2. The van der Waals surface area contributed by atoms with E-state index in [0.717, 1.165) is 11.1 Å². The predicted octanol–water partition coefficient (Wildman–Crippen LogP) is -0.0820. The van der Waals surface area contributed by atoms with E-state index in [1.165, 1.54) is 15.3 Å². The van der Waals surface area contributed by atoms with Crippen molar-refractivity contribution >= 4 is 27.1 Å². The van der Waals surface area contributed by atoms with Crippen LogP contribution in [-0.2, 0) is 10.0 Å². The van der Waals surface area contributed by atoms with Gasteiger partial charge in [-0.1, -0.05) is 6.07 Å². The molecule has 9 nitrogen and oxygen atoms in total. The number of amides is 2. The van der Waals surface area contributed by atoms with Gasteiger partial charge in [-0.15, -0.1) is 0 Å². The van der Waals surface area contributed by atoms with Crippen LogP contribution in [0.2, 0.25) is 0 Å². The van der Waals surface area contributed by atoms with E-state index in [2.05, 4.69) is 14.9 Å². The maximum absolute atomic E-state index is 12.9. The van der Waals surface area contributed by atoms with Crippen LogP contribution in [0.3, 0.4) is 0 Å². The van der Waals surface area contributed by atoms with Crippen molar-refractivity contribution in [3.63, 3.8) is 0 Å². The first-order chi connectivity index (χ1) is 11.0. The van der Waals surface area contributed by atoms with Crippen LogP contribution in [0.15, 0.2) is 38.9 Å². The smallest absolute Gasteiger partial charge is 0.315 e. The third-order valence-corrected chi connectivity index (χ3v) is 6.00. The maximum Gasteiger partial charge on any atom is 0.315 e. The van der Waals surface area contributed by atoms with E-state index in [9.17, 15) is 13.2 Å². The van der Waals surface area contributed by atoms with E-state index in [0.29, 0.717) is 18.6 Å². The first-order valence-electron chi connectivity index (χ1n) is 6.92. The predicted molar refractivity (Wildman–Crippen MR) is 78.7 cm³/mol. The van der Waals surface area contributed by atoms with Crippen LogP contribution in [0.25, 0.3) is 11.0 Å². The van der Waals surface area contributed by atoms with Gasteiger partial charge in [0.25, 0.3) is 0 Å². The minimum atomic E-state index is -3.72. The number of nitrogens with zero attached hydrogens (tertiary/aromatic N) is 4.